The fourth-order valence-electron chi connectivity index (χ4n) is 4.37. The summed E-state index contributed by atoms with van der Waals surface area (Å²) in [6, 6.07) is 9.41. The lowest BCUT2D eigenvalue weighted by molar-refractivity contribution is -0.149. The smallest absolute Gasteiger partial charge is 0.324 e. The molecule has 0 bridgehead atoms. The van der Waals surface area contributed by atoms with Gasteiger partial charge in [0.25, 0.3) is 0 Å². The number of piperazine rings is 1. The van der Waals surface area contributed by atoms with Crippen LogP contribution in [0.5, 0.6) is 5.75 Å². The fraction of sp³-hybridized carbons (Fsp3) is 0.440. The van der Waals surface area contributed by atoms with Crippen LogP contribution in [0.2, 0.25) is 0 Å². The minimum absolute atomic E-state index is 0.208. The first-order chi connectivity index (χ1) is 16.6. The van der Waals surface area contributed by atoms with Crippen LogP contribution in [-0.2, 0) is 16.0 Å². The van der Waals surface area contributed by atoms with Crippen LogP contribution in [0.4, 0.5) is 4.39 Å². The summed E-state index contributed by atoms with van der Waals surface area (Å²) in [5, 5.41) is 2.86. The van der Waals surface area contributed by atoms with E-state index in [2.05, 4.69) is 32.3 Å². The van der Waals surface area contributed by atoms with Gasteiger partial charge < -0.3 is 9.47 Å². The standard InChI is InChI=1S/C25H30FN3O3S2/c1-31-18-7-8-22-20(15-18)19(21(26)16-27-22)5-3-9-29-11-10-28(17-23(29)25(30)32-2)12-14-34-24-6-4-13-33-24/h4,6-8,13,15-16,23H,3,5,9-12,14,17H2,1-2H3/t23-/m0/s1. The van der Waals surface area contributed by atoms with Gasteiger partial charge in [0.2, 0.25) is 0 Å². The van der Waals surface area contributed by atoms with E-state index in [-0.39, 0.29) is 17.8 Å². The van der Waals surface area contributed by atoms with Crippen molar-refractivity contribution in [3.8, 4) is 5.75 Å². The van der Waals surface area contributed by atoms with Gasteiger partial charge in [-0.1, -0.05) is 6.07 Å². The molecule has 9 heteroatoms. The van der Waals surface area contributed by atoms with Crippen LogP contribution >= 0.6 is 23.1 Å². The Balaban J connectivity index is 1.35. The number of aromatic nitrogens is 1. The van der Waals surface area contributed by atoms with E-state index in [4.69, 9.17) is 9.47 Å². The SMILES string of the molecule is COC(=O)[C@@H]1CN(CCSc2cccs2)CCN1CCCc1c(F)cnc2ccc(OC)cc12. The predicted molar refractivity (Wildman–Crippen MR) is 135 cm³/mol. The number of ether oxygens (including phenoxy) is 2. The largest absolute Gasteiger partial charge is 0.497 e. The first kappa shape index (κ1) is 24.9. The Hall–Kier alpha value is -2.20. The van der Waals surface area contributed by atoms with Gasteiger partial charge in [0, 0.05) is 37.3 Å². The van der Waals surface area contributed by atoms with E-state index in [0.717, 1.165) is 42.7 Å². The van der Waals surface area contributed by atoms with Crippen molar-refractivity contribution in [2.75, 3.05) is 52.7 Å². The van der Waals surface area contributed by atoms with Crippen molar-refractivity contribution < 1.29 is 18.7 Å². The topological polar surface area (TPSA) is 54.9 Å². The highest BCUT2D eigenvalue weighted by Crippen LogP contribution is 2.26. The molecule has 0 aliphatic carbocycles. The number of hydrogen-bond acceptors (Lipinski definition) is 8. The molecule has 34 heavy (non-hydrogen) atoms. The first-order valence-electron chi connectivity index (χ1n) is 11.4. The number of fused-ring (bicyclic) bond motifs is 1. The Bertz CT molecular complexity index is 1100. The number of methoxy groups -OCH3 is 2. The van der Waals surface area contributed by atoms with E-state index in [1.54, 1.807) is 18.4 Å². The van der Waals surface area contributed by atoms with Crippen molar-refractivity contribution in [1.82, 2.24) is 14.8 Å². The average Bonchev–Trinajstić information content (AvgIpc) is 3.38. The molecule has 0 spiro atoms. The molecule has 0 radical (unpaired) electrons. The predicted octanol–water partition coefficient (Wildman–Crippen LogP) is 4.33. The molecule has 1 aliphatic heterocycles. The second kappa shape index (κ2) is 12.0. The van der Waals surface area contributed by atoms with E-state index < -0.39 is 0 Å². The molecular weight excluding hydrogens is 473 g/mol. The average molecular weight is 504 g/mol. The second-order valence-corrected chi connectivity index (χ2v) is 10.6. The highest BCUT2D eigenvalue weighted by atomic mass is 32.2. The Morgan fingerprint density at radius 3 is 2.91 bits per heavy atom. The van der Waals surface area contributed by atoms with Crippen LogP contribution in [-0.4, -0.2) is 79.5 Å². The molecule has 1 fully saturated rings. The summed E-state index contributed by atoms with van der Waals surface area (Å²) < 4.78 is 26.4. The summed E-state index contributed by atoms with van der Waals surface area (Å²) in [4.78, 5) is 21.3. The summed E-state index contributed by atoms with van der Waals surface area (Å²) in [5.74, 6) is 1.16. The van der Waals surface area contributed by atoms with Gasteiger partial charge in [0.05, 0.1) is 30.1 Å². The molecule has 0 amide bonds. The number of pyridine rings is 1. The van der Waals surface area contributed by atoms with Gasteiger partial charge in [0.1, 0.15) is 17.6 Å². The maximum atomic E-state index is 14.7. The second-order valence-electron chi connectivity index (χ2n) is 8.23. The van der Waals surface area contributed by atoms with E-state index in [1.165, 1.54) is 17.5 Å². The first-order valence-corrected chi connectivity index (χ1v) is 13.3. The third kappa shape index (κ3) is 6.07. The number of thioether (sulfide) groups is 1. The Morgan fingerprint density at radius 1 is 1.26 bits per heavy atom. The molecule has 1 aliphatic rings. The van der Waals surface area contributed by atoms with Gasteiger partial charge in [0.15, 0.2) is 0 Å². The van der Waals surface area contributed by atoms with Crippen LogP contribution in [0.25, 0.3) is 10.9 Å². The lowest BCUT2D eigenvalue weighted by atomic mass is 10.0. The third-order valence-electron chi connectivity index (χ3n) is 6.20. The highest BCUT2D eigenvalue weighted by Gasteiger charge is 2.32. The van der Waals surface area contributed by atoms with Gasteiger partial charge in [-0.2, -0.15) is 0 Å². The Kier molecular flexibility index (Phi) is 8.77. The number of halogens is 1. The van der Waals surface area contributed by atoms with Gasteiger partial charge in [-0.15, -0.1) is 23.1 Å². The molecule has 3 aromatic rings. The zero-order valence-corrected chi connectivity index (χ0v) is 21.2. The number of benzene rings is 1. The molecule has 1 atom stereocenters. The Labute approximate surface area is 208 Å². The van der Waals surface area contributed by atoms with Crippen LogP contribution in [0.1, 0.15) is 12.0 Å². The number of carbonyl (C=O) groups excluding carboxylic acids is 1. The molecule has 3 heterocycles. The Morgan fingerprint density at radius 2 is 2.15 bits per heavy atom. The van der Waals surface area contributed by atoms with E-state index >= 15 is 0 Å². The molecule has 0 N–H and O–H groups in total. The lowest BCUT2D eigenvalue weighted by Crippen LogP contribution is -2.57. The number of nitrogens with zero attached hydrogens (tertiary/aromatic N) is 3. The highest BCUT2D eigenvalue weighted by molar-refractivity contribution is 8.01. The number of hydrogen-bond donors (Lipinski definition) is 0. The molecular formula is C25H30FN3O3S2. The van der Waals surface area contributed by atoms with E-state index in [1.807, 2.05) is 30.0 Å². The lowest BCUT2D eigenvalue weighted by Gasteiger charge is -2.39. The van der Waals surface area contributed by atoms with Crippen LogP contribution in [0, 0.1) is 5.82 Å². The van der Waals surface area contributed by atoms with Crippen molar-refractivity contribution in [3.63, 3.8) is 0 Å². The number of carbonyl (C=O) groups is 1. The summed E-state index contributed by atoms with van der Waals surface area (Å²) in [7, 11) is 3.04. The maximum Gasteiger partial charge on any atom is 0.324 e. The van der Waals surface area contributed by atoms with Crippen molar-refractivity contribution in [2.45, 2.75) is 23.1 Å². The quantitative estimate of drug-likeness (QED) is 0.302. The summed E-state index contributed by atoms with van der Waals surface area (Å²) >= 11 is 3.60. The normalized spacial score (nSPS) is 17.2. The molecule has 0 unspecified atom stereocenters. The van der Waals surface area contributed by atoms with Crippen LogP contribution in [0.3, 0.4) is 0 Å². The van der Waals surface area contributed by atoms with Crippen molar-refractivity contribution >= 4 is 40.0 Å². The van der Waals surface area contributed by atoms with Crippen molar-refractivity contribution in [1.29, 1.82) is 0 Å². The zero-order chi connectivity index (χ0) is 23.9. The molecule has 1 saturated heterocycles. The number of esters is 1. The minimum atomic E-state index is -0.307. The van der Waals surface area contributed by atoms with Gasteiger partial charge >= 0.3 is 5.97 Å². The van der Waals surface area contributed by atoms with Gasteiger partial charge in [-0.05, 0) is 54.6 Å². The molecule has 6 nitrogen and oxygen atoms in total. The molecule has 1 aromatic carbocycles. The van der Waals surface area contributed by atoms with Gasteiger partial charge in [-0.25, -0.2) is 4.39 Å². The monoisotopic (exact) mass is 503 g/mol. The van der Waals surface area contributed by atoms with E-state index in [0.29, 0.717) is 30.8 Å². The number of rotatable bonds is 10. The maximum absolute atomic E-state index is 14.7. The molecule has 182 valence electrons. The zero-order valence-electron chi connectivity index (χ0n) is 19.5. The summed E-state index contributed by atoms with van der Waals surface area (Å²) in [5.41, 5.74) is 1.39. The summed E-state index contributed by atoms with van der Waals surface area (Å²) in [6.45, 7) is 3.98. The third-order valence-corrected chi connectivity index (χ3v) is 8.31. The van der Waals surface area contributed by atoms with E-state index in [9.17, 15) is 9.18 Å². The fourth-order valence-corrected chi connectivity index (χ4v) is 6.23. The van der Waals surface area contributed by atoms with Gasteiger partial charge in [-0.3, -0.25) is 19.6 Å². The van der Waals surface area contributed by atoms with Crippen molar-refractivity contribution in [2.24, 2.45) is 0 Å². The van der Waals surface area contributed by atoms with Crippen LogP contribution < -0.4 is 4.74 Å². The molecule has 2 aromatic heterocycles. The number of thiophene rings is 1. The number of aryl methyl sites for hydroxylation is 1. The summed E-state index contributed by atoms with van der Waals surface area (Å²) in [6.07, 6.45) is 2.58. The van der Waals surface area contributed by atoms with Crippen LogP contribution in [0.15, 0.2) is 46.1 Å². The molecule has 4 rings (SSSR count). The molecule has 0 saturated carbocycles. The minimum Gasteiger partial charge on any atom is -0.497 e. The van der Waals surface area contributed by atoms with Crippen molar-refractivity contribution in [3.05, 3.63) is 53.3 Å².